The van der Waals surface area contributed by atoms with E-state index in [1.807, 2.05) is 31.2 Å². The van der Waals surface area contributed by atoms with Crippen molar-refractivity contribution in [2.75, 3.05) is 12.8 Å². The van der Waals surface area contributed by atoms with Gasteiger partial charge in [0.25, 0.3) is 0 Å². The number of benzene rings is 2. The van der Waals surface area contributed by atoms with Crippen LogP contribution in [0.15, 0.2) is 46.2 Å². The summed E-state index contributed by atoms with van der Waals surface area (Å²) in [4.78, 5) is 12.8. The molecule has 0 heterocycles. The number of nitrogen functional groups attached to an aromatic ring is 1. The van der Waals surface area contributed by atoms with E-state index in [4.69, 9.17) is 5.73 Å². The zero-order valence-corrected chi connectivity index (χ0v) is 12.0. The highest BCUT2D eigenvalue weighted by atomic mass is 32.2. The second-order valence-electron chi connectivity index (χ2n) is 4.23. The first-order valence-corrected chi connectivity index (χ1v) is 6.75. The van der Waals surface area contributed by atoms with Crippen LogP contribution in [0.3, 0.4) is 0 Å². The van der Waals surface area contributed by atoms with Gasteiger partial charge in [-0.1, -0.05) is 30.0 Å². The van der Waals surface area contributed by atoms with Crippen molar-refractivity contribution in [1.29, 1.82) is 0 Å². The monoisotopic (exact) mass is 291 g/mol. The van der Waals surface area contributed by atoms with E-state index in [2.05, 4.69) is 4.74 Å². The average Bonchev–Trinajstić information content (AvgIpc) is 2.43. The molecule has 0 radical (unpaired) electrons. The number of carbonyl (C=O) groups excluding carboxylic acids is 1. The third kappa shape index (κ3) is 2.93. The van der Waals surface area contributed by atoms with Crippen molar-refractivity contribution in [1.82, 2.24) is 0 Å². The predicted octanol–water partition coefficient (Wildman–Crippen LogP) is 3.65. The summed E-state index contributed by atoms with van der Waals surface area (Å²) >= 11 is 1.25. The summed E-state index contributed by atoms with van der Waals surface area (Å²) in [6.45, 7) is 1.94. The molecule has 2 rings (SSSR count). The van der Waals surface area contributed by atoms with Gasteiger partial charge in [-0.3, -0.25) is 0 Å². The van der Waals surface area contributed by atoms with Gasteiger partial charge in [-0.05, 0) is 30.7 Å². The first-order valence-electron chi connectivity index (χ1n) is 5.93. The summed E-state index contributed by atoms with van der Waals surface area (Å²) in [5, 5.41) is 0. The lowest BCUT2D eigenvalue weighted by Gasteiger charge is -2.10. The Morgan fingerprint density at radius 2 is 1.95 bits per heavy atom. The van der Waals surface area contributed by atoms with Gasteiger partial charge < -0.3 is 10.5 Å². The minimum Gasteiger partial charge on any atom is -0.465 e. The molecular formula is C15H14FNO2S. The summed E-state index contributed by atoms with van der Waals surface area (Å²) in [6.07, 6.45) is 0. The van der Waals surface area contributed by atoms with Gasteiger partial charge in [-0.25, -0.2) is 9.18 Å². The van der Waals surface area contributed by atoms with E-state index in [1.54, 1.807) is 0 Å². The Kier molecular flexibility index (Phi) is 4.29. The molecule has 0 saturated carbocycles. The molecule has 0 aliphatic rings. The SMILES string of the molecule is COC(=O)c1cc(Sc2ccccc2C)c(F)cc1N. The number of methoxy groups -OCH3 is 1. The van der Waals surface area contributed by atoms with Crippen LogP contribution < -0.4 is 5.73 Å². The number of hydrogen-bond acceptors (Lipinski definition) is 4. The number of halogens is 1. The number of nitrogens with two attached hydrogens (primary N) is 1. The second-order valence-corrected chi connectivity index (χ2v) is 5.31. The van der Waals surface area contributed by atoms with E-state index in [1.165, 1.54) is 24.9 Å². The summed E-state index contributed by atoms with van der Waals surface area (Å²) in [5.41, 5.74) is 6.92. The van der Waals surface area contributed by atoms with Gasteiger partial charge >= 0.3 is 5.97 Å². The predicted molar refractivity (Wildman–Crippen MR) is 77.5 cm³/mol. The molecule has 0 aromatic heterocycles. The highest BCUT2D eigenvalue weighted by Crippen LogP contribution is 2.34. The zero-order valence-electron chi connectivity index (χ0n) is 11.1. The Morgan fingerprint density at radius 3 is 2.60 bits per heavy atom. The van der Waals surface area contributed by atoms with Crippen molar-refractivity contribution in [3.05, 3.63) is 53.3 Å². The van der Waals surface area contributed by atoms with Crippen LogP contribution in [-0.4, -0.2) is 13.1 Å². The Labute approximate surface area is 120 Å². The molecular weight excluding hydrogens is 277 g/mol. The standard InChI is InChI=1S/C15H14FNO2S/c1-9-5-3-4-6-13(9)20-14-7-10(15(18)19-2)12(17)8-11(14)16/h3-8H,17H2,1-2H3. The van der Waals surface area contributed by atoms with Crippen molar-refractivity contribution in [2.45, 2.75) is 16.7 Å². The molecule has 2 N–H and O–H groups in total. The van der Waals surface area contributed by atoms with Crippen LogP contribution in [0.2, 0.25) is 0 Å². The fourth-order valence-corrected chi connectivity index (χ4v) is 2.67. The van der Waals surface area contributed by atoms with Crippen molar-refractivity contribution in [3.8, 4) is 0 Å². The molecule has 2 aromatic carbocycles. The molecule has 0 bridgehead atoms. The highest BCUT2D eigenvalue weighted by Gasteiger charge is 2.15. The van der Waals surface area contributed by atoms with Gasteiger partial charge in [0, 0.05) is 15.5 Å². The molecule has 0 atom stereocenters. The summed E-state index contributed by atoms with van der Waals surface area (Å²) in [5.74, 6) is -1.03. The van der Waals surface area contributed by atoms with Crippen LogP contribution in [-0.2, 0) is 4.74 Å². The van der Waals surface area contributed by atoms with Gasteiger partial charge in [0.15, 0.2) is 0 Å². The van der Waals surface area contributed by atoms with E-state index in [9.17, 15) is 9.18 Å². The van der Waals surface area contributed by atoms with Crippen LogP contribution in [0, 0.1) is 12.7 Å². The number of rotatable bonds is 3. The van der Waals surface area contributed by atoms with Crippen LogP contribution in [0.5, 0.6) is 0 Å². The molecule has 2 aromatic rings. The number of ether oxygens (including phenoxy) is 1. The van der Waals surface area contributed by atoms with Crippen LogP contribution in [0.4, 0.5) is 10.1 Å². The smallest absolute Gasteiger partial charge is 0.339 e. The van der Waals surface area contributed by atoms with E-state index >= 15 is 0 Å². The fraction of sp³-hybridized carbons (Fsp3) is 0.133. The zero-order chi connectivity index (χ0) is 14.7. The molecule has 0 spiro atoms. The molecule has 0 unspecified atom stereocenters. The Bertz CT molecular complexity index is 658. The lowest BCUT2D eigenvalue weighted by molar-refractivity contribution is 0.0601. The van der Waals surface area contributed by atoms with Crippen LogP contribution in [0.25, 0.3) is 0 Å². The van der Waals surface area contributed by atoms with Gasteiger partial charge in [0.2, 0.25) is 0 Å². The Morgan fingerprint density at radius 1 is 1.25 bits per heavy atom. The van der Waals surface area contributed by atoms with E-state index in [0.29, 0.717) is 4.90 Å². The lowest BCUT2D eigenvalue weighted by Crippen LogP contribution is -2.06. The number of carbonyl (C=O) groups is 1. The second kappa shape index (κ2) is 5.96. The van der Waals surface area contributed by atoms with E-state index in [0.717, 1.165) is 16.5 Å². The summed E-state index contributed by atoms with van der Waals surface area (Å²) in [7, 11) is 1.26. The van der Waals surface area contributed by atoms with Gasteiger partial charge in [-0.2, -0.15) is 0 Å². The molecule has 0 amide bonds. The van der Waals surface area contributed by atoms with Crippen LogP contribution >= 0.6 is 11.8 Å². The first kappa shape index (κ1) is 14.4. The number of esters is 1. The van der Waals surface area contributed by atoms with Gasteiger partial charge in [0.05, 0.1) is 12.7 Å². The molecule has 3 nitrogen and oxygen atoms in total. The van der Waals surface area contributed by atoms with Crippen molar-refractivity contribution in [3.63, 3.8) is 0 Å². The maximum Gasteiger partial charge on any atom is 0.339 e. The molecule has 0 fully saturated rings. The number of anilines is 1. The first-order chi connectivity index (χ1) is 9.52. The maximum absolute atomic E-state index is 14.0. The molecule has 0 saturated heterocycles. The summed E-state index contributed by atoms with van der Waals surface area (Å²) in [6, 6.07) is 10.2. The lowest BCUT2D eigenvalue weighted by atomic mass is 10.2. The Balaban J connectivity index is 2.42. The van der Waals surface area contributed by atoms with E-state index in [-0.39, 0.29) is 11.3 Å². The van der Waals surface area contributed by atoms with E-state index < -0.39 is 11.8 Å². The third-order valence-electron chi connectivity index (χ3n) is 2.82. The third-order valence-corrected chi connectivity index (χ3v) is 4.03. The molecule has 0 aliphatic heterocycles. The summed E-state index contributed by atoms with van der Waals surface area (Å²) < 4.78 is 18.6. The fourth-order valence-electron chi connectivity index (χ4n) is 1.72. The van der Waals surface area contributed by atoms with Crippen molar-refractivity contribution < 1.29 is 13.9 Å². The van der Waals surface area contributed by atoms with Gasteiger partial charge in [-0.15, -0.1) is 0 Å². The largest absolute Gasteiger partial charge is 0.465 e. The molecule has 5 heteroatoms. The highest BCUT2D eigenvalue weighted by molar-refractivity contribution is 7.99. The van der Waals surface area contributed by atoms with Crippen LogP contribution in [0.1, 0.15) is 15.9 Å². The number of hydrogen-bond donors (Lipinski definition) is 1. The average molecular weight is 291 g/mol. The topological polar surface area (TPSA) is 52.3 Å². The minimum absolute atomic E-state index is 0.0727. The molecule has 104 valence electrons. The quantitative estimate of drug-likeness (QED) is 0.692. The number of aryl methyl sites for hydroxylation is 1. The van der Waals surface area contributed by atoms with Crippen molar-refractivity contribution >= 4 is 23.4 Å². The Hall–Kier alpha value is -2.01. The minimum atomic E-state index is -0.575. The molecule has 20 heavy (non-hydrogen) atoms. The molecule has 0 aliphatic carbocycles. The maximum atomic E-state index is 14.0. The normalized spacial score (nSPS) is 10.3. The van der Waals surface area contributed by atoms with Gasteiger partial charge in [0.1, 0.15) is 5.82 Å². The van der Waals surface area contributed by atoms with Crippen molar-refractivity contribution in [2.24, 2.45) is 0 Å².